The maximum Gasteiger partial charge on any atom is 0.0620 e. The van der Waals surface area contributed by atoms with E-state index in [0.29, 0.717) is 5.92 Å². The van der Waals surface area contributed by atoms with Gasteiger partial charge in [-0.3, -0.25) is 0 Å². The molecule has 1 saturated carbocycles. The highest BCUT2D eigenvalue weighted by atomic mass is 16.5. The fraction of sp³-hybridized carbons (Fsp3) is 1.00. The van der Waals surface area contributed by atoms with Crippen molar-refractivity contribution < 1.29 is 4.74 Å². The Kier molecular flexibility index (Phi) is 5.62. The van der Waals surface area contributed by atoms with Crippen LogP contribution in [0.25, 0.3) is 0 Å². The van der Waals surface area contributed by atoms with E-state index >= 15 is 0 Å². The van der Waals surface area contributed by atoms with Crippen molar-refractivity contribution in [3.8, 4) is 0 Å². The zero-order valence-electron chi connectivity index (χ0n) is 10.5. The zero-order valence-corrected chi connectivity index (χ0v) is 10.5. The van der Waals surface area contributed by atoms with Crippen LogP contribution >= 0.6 is 0 Å². The summed E-state index contributed by atoms with van der Waals surface area (Å²) in [4.78, 5) is 0. The van der Waals surface area contributed by atoms with Crippen molar-refractivity contribution in [2.24, 2.45) is 23.5 Å². The first-order chi connectivity index (χ1) is 7.15. The van der Waals surface area contributed by atoms with Crippen molar-refractivity contribution in [2.45, 2.75) is 52.5 Å². The summed E-state index contributed by atoms with van der Waals surface area (Å²) in [5.74, 6) is 2.40. The first kappa shape index (κ1) is 13.0. The standard InChI is InChI=1S/C13H27NO/c1-4-7-15-9-13(14)12-6-5-10(2)11(3)8-12/h10-13H,4-9,14H2,1-3H3. The van der Waals surface area contributed by atoms with Crippen molar-refractivity contribution >= 4 is 0 Å². The van der Waals surface area contributed by atoms with Gasteiger partial charge in [0.05, 0.1) is 6.61 Å². The summed E-state index contributed by atoms with van der Waals surface area (Å²) >= 11 is 0. The van der Waals surface area contributed by atoms with Crippen LogP contribution in [0.4, 0.5) is 0 Å². The van der Waals surface area contributed by atoms with Crippen LogP contribution < -0.4 is 5.73 Å². The topological polar surface area (TPSA) is 35.2 Å². The Morgan fingerprint density at radius 2 is 2.00 bits per heavy atom. The molecule has 0 saturated heterocycles. The highest BCUT2D eigenvalue weighted by molar-refractivity contribution is 4.81. The number of rotatable bonds is 5. The Labute approximate surface area is 94.6 Å². The molecule has 0 aliphatic heterocycles. The monoisotopic (exact) mass is 213 g/mol. The fourth-order valence-electron chi connectivity index (χ4n) is 2.48. The van der Waals surface area contributed by atoms with E-state index in [9.17, 15) is 0 Å². The second-order valence-electron chi connectivity index (χ2n) is 5.27. The molecule has 2 heteroatoms. The highest BCUT2D eigenvalue weighted by Crippen LogP contribution is 2.34. The molecule has 0 heterocycles. The van der Waals surface area contributed by atoms with E-state index in [2.05, 4.69) is 20.8 Å². The molecular weight excluding hydrogens is 186 g/mol. The van der Waals surface area contributed by atoms with Gasteiger partial charge in [-0.1, -0.05) is 27.2 Å². The summed E-state index contributed by atoms with van der Waals surface area (Å²) in [6.45, 7) is 8.46. The molecule has 2 nitrogen and oxygen atoms in total. The SMILES string of the molecule is CCCOCC(N)C1CCC(C)C(C)C1. The van der Waals surface area contributed by atoms with Crippen LogP contribution in [0, 0.1) is 17.8 Å². The number of hydrogen-bond donors (Lipinski definition) is 1. The summed E-state index contributed by atoms with van der Waals surface area (Å²) in [5, 5.41) is 0. The second kappa shape index (κ2) is 6.49. The van der Waals surface area contributed by atoms with Crippen molar-refractivity contribution in [1.29, 1.82) is 0 Å². The fourth-order valence-corrected chi connectivity index (χ4v) is 2.48. The van der Waals surface area contributed by atoms with Gasteiger partial charge in [0, 0.05) is 12.6 Å². The zero-order chi connectivity index (χ0) is 11.3. The maximum absolute atomic E-state index is 6.17. The van der Waals surface area contributed by atoms with Crippen molar-refractivity contribution in [2.75, 3.05) is 13.2 Å². The van der Waals surface area contributed by atoms with E-state index in [-0.39, 0.29) is 6.04 Å². The molecule has 1 fully saturated rings. The van der Waals surface area contributed by atoms with Gasteiger partial charge in [0.2, 0.25) is 0 Å². The summed E-state index contributed by atoms with van der Waals surface area (Å²) < 4.78 is 5.53. The van der Waals surface area contributed by atoms with Gasteiger partial charge in [0.25, 0.3) is 0 Å². The van der Waals surface area contributed by atoms with E-state index in [4.69, 9.17) is 10.5 Å². The molecule has 0 bridgehead atoms. The minimum absolute atomic E-state index is 0.256. The van der Waals surface area contributed by atoms with Gasteiger partial charge >= 0.3 is 0 Å². The average Bonchev–Trinajstić information content (AvgIpc) is 2.22. The first-order valence-corrected chi connectivity index (χ1v) is 6.48. The molecule has 1 rings (SSSR count). The Balaban J connectivity index is 2.24. The molecule has 15 heavy (non-hydrogen) atoms. The van der Waals surface area contributed by atoms with E-state index in [1.54, 1.807) is 0 Å². The molecule has 1 aliphatic carbocycles. The Morgan fingerprint density at radius 1 is 1.27 bits per heavy atom. The van der Waals surface area contributed by atoms with Crippen LogP contribution in [0.2, 0.25) is 0 Å². The predicted octanol–water partition coefficient (Wildman–Crippen LogP) is 2.81. The molecule has 90 valence electrons. The van der Waals surface area contributed by atoms with Crippen LogP contribution in [-0.4, -0.2) is 19.3 Å². The Morgan fingerprint density at radius 3 is 2.60 bits per heavy atom. The highest BCUT2D eigenvalue weighted by Gasteiger charge is 2.28. The van der Waals surface area contributed by atoms with Crippen molar-refractivity contribution in [1.82, 2.24) is 0 Å². The van der Waals surface area contributed by atoms with E-state index < -0.39 is 0 Å². The summed E-state index contributed by atoms with van der Waals surface area (Å²) in [6.07, 6.45) is 5.01. The molecule has 0 radical (unpaired) electrons. The molecule has 4 atom stereocenters. The van der Waals surface area contributed by atoms with Crippen LogP contribution in [0.1, 0.15) is 46.5 Å². The minimum Gasteiger partial charge on any atom is -0.380 e. The maximum atomic E-state index is 6.17. The van der Waals surface area contributed by atoms with Crippen molar-refractivity contribution in [3.05, 3.63) is 0 Å². The lowest BCUT2D eigenvalue weighted by Crippen LogP contribution is -2.38. The number of ether oxygens (including phenoxy) is 1. The Bertz CT molecular complexity index is 172. The van der Waals surface area contributed by atoms with Gasteiger partial charge in [-0.05, 0) is 37.0 Å². The van der Waals surface area contributed by atoms with Crippen LogP contribution in [0.5, 0.6) is 0 Å². The van der Waals surface area contributed by atoms with Crippen molar-refractivity contribution in [3.63, 3.8) is 0 Å². The van der Waals surface area contributed by atoms with Gasteiger partial charge in [0.1, 0.15) is 0 Å². The largest absolute Gasteiger partial charge is 0.380 e. The third kappa shape index (κ3) is 4.12. The summed E-state index contributed by atoms with van der Waals surface area (Å²) in [7, 11) is 0. The lowest BCUT2D eigenvalue weighted by Gasteiger charge is -2.35. The molecular formula is C13H27NO. The first-order valence-electron chi connectivity index (χ1n) is 6.48. The van der Waals surface area contributed by atoms with Gasteiger partial charge in [-0.25, -0.2) is 0 Å². The average molecular weight is 213 g/mol. The molecule has 0 spiro atoms. The third-order valence-electron chi connectivity index (χ3n) is 3.90. The van der Waals surface area contributed by atoms with E-state index in [0.717, 1.165) is 31.5 Å². The minimum atomic E-state index is 0.256. The van der Waals surface area contributed by atoms with E-state index in [1.165, 1.54) is 19.3 Å². The Hall–Kier alpha value is -0.0800. The quantitative estimate of drug-likeness (QED) is 0.713. The molecule has 0 aromatic carbocycles. The summed E-state index contributed by atoms with van der Waals surface area (Å²) in [6, 6.07) is 0.256. The van der Waals surface area contributed by atoms with Crippen LogP contribution in [0.15, 0.2) is 0 Å². The second-order valence-corrected chi connectivity index (χ2v) is 5.27. The van der Waals surface area contributed by atoms with Crippen LogP contribution in [0.3, 0.4) is 0 Å². The predicted molar refractivity (Wildman–Crippen MR) is 64.8 cm³/mol. The van der Waals surface area contributed by atoms with Gasteiger partial charge in [-0.2, -0.15) is 0 Å². The van der Waals surface area contributed by atoms with Crippen LogP contribution in [-0.2, 0) is 4.74 Å². The molecule has 1 aliphatic rings. The molecule has 0 aromatic rings. The van der Waals surface area contributed by atoms with Gasteiger partial charge in [0.15, 0.2) is 0 Å². The normalized spacial score (nSPS) is 34.0. The smallest absolute Gasteiger partial charge is 0.0620 e. The third-order valence-corrected chi connectivity index (χ3v) is 3.90. The lowest BCUT2D eigenvalue weighted by molar-refractivity contribution is 0.0846. The molecule has 4 unspecified atom stereocenters. The molecule has 0 aromatic heterocycles. The molecule has 0 amide bonds. The van der Waals surface area contributed by atoms with Gasteiger partial charge < -0.3 is 10.5 Å². The number of hydrogen-bond acceptors (Lipinski definition) is 2. The van der Waals surface area contributed by atoms with E-state index in [1.807, 2.05) is 0 Å². The number of nitrogens with two attached hydrogens (primary N) is 1. The lowest BCUT2D eigenvalue weighted by atomic mass is 9.73. The molecule has 2 N–H and O–H groups in total. The van der Waals surface area contributed by atoms with Gasteiger partial charge in [-0.15, -0.1) is 0 Å². The summed E-state index contributed by atoms with van der Waals surface area (Å²) in [5.41, 5.74) is 6.17.